The van der Waals surface area contributed by atoms with E-state index in [0.717, 1.165) is 23.7 Å². The summed E-state index contributed by atoms with van der Waals surface area (Å²) in [6.07, 6.45) is 2.59. The molecule has 0 bridgehead atoms. The van der Waals surface area contributed by atoms with Crippen molar-refractivity contribution < 1.29 is 0 Å². The molecular weight excluding hydrogens is 256 g/mol. The van der Waals surface area contributed by atoms with Gasteiger partial charge in [-0.05, 0) is 69.6 Å². The zero-order valence-corrected chi connectivity index (χ0v) is 13.0. The normalized spacial score (nSPS) is 24.6. The Hall–Kier alpha value is -0.570. The van der Waals surface area contributed by atoms with E-state index in [2.05, 4.69) is 49.3 Å². The van der Waals surface area contributed by atoms with E-state index in [1.807, 2.05) is 0 Å². The van der Waals surface area contributed by atoms with Gasteiger partial charge in [0.25, 0.3) is 0 Å². The summed E-state index contributed by atoms with van der Waals surface area (Å²) in [5.74, 6) is 0.678. The van der Waals surface area contributed by atoms with E-state index in [1.165, 1.54) is 24.9 Å². The number of hydrogen-bond acceptors (Lipinski definition) is 2. The Labute approximate surface area is 122 Å². The van der Waals surface area contributed by atoms with Gasteiger partial charge in [0.05, 0.1) is 0 Å². The largest absolute Gasteiger partial charge is 0.317 e. The molecule has 1 aromatic rings. The molecule has 2 nitrogen and oxygen atoms in total. The van der Waals surface area contributed by atoms with Crippen molar-refractivity contribution in [3.05, 3.63) is 34.3 Å². The average Bonchev–Trinajstić information content (AvgIpc) is 2.40. The summed E-state index contributed by atoms with van der Waals surface area (Å²) in [6.45, 7) is 7.55. The maximum absolute atomic E-state index is 6.30. The van der Waals surface area contributed by atoms with E-state index in [9.17, 15) is 0 Å². The first kappa shape index (κ1) is 14.8. The van der Waals surface area contributed by atoms with Crippen LogP contribution in [0.1, 0.15) is 36.9 Å². The highest BCUT2D eigenvalue weighted by atomic mass is 35.5. The van der Waals surface area contributed by atoms with Crippen LogP contribution >= 0.6 is 11.6 Å². The topological polar surface area (TPSA) is 15.3 Å². The highest BCUT2D eigenvalue weighted by Crippen LogP contribution is 2.36. The Balaban J connectivity index is 2.22. The maximum Gasteiger partial charge on any atom is 0.0438 e. The standard InChI is InChI=1S/C16H25ClN2/c1-4-18-11-14-6-5-9-19(3)16(14)13-8-7-12(2)15(17)10-13/h7-8,10,14,16,18H,4-6,9,11H2,1-3H3. The smallest absolute Gasteiger partial charge is 0.0438 e. The fraction of sp³-hybridized carbons (Fsp3) is 0.625. The molecule has 1 aliphatic heterocycles. The molecule has 1 heterocycles. The molecule has 1 N–H and O–H groups in total. The Kier molecular flexibility index (Phi) is 5.26. The molecule has 1 fully saturated rings. The molecule has 19 heavy (non-hydrogen) atoms. The monoisotopic (exact) mass is 280 g/mol. The molecule has 2 rings (SSSR count). The van der Waals surface area contributed by atoms with E-state index in [4.69, 9.17) is 11.6 Å². The highest BCUT2D eigenvalue weighted by molar-refractivity contribution is 6.31. The van der Waals surface area contributed by atoms with Gasteiger partial charge >= 0.3 is 0 Å². The summed E-state index contributed by atoms with van der Waals surface area (Å²) < 4.78 is 0. The Morgan fingerprint density at radius 2 is 2.21 bits per heavy atom. The van der Waals surface area contributed by atoms with Crippen LogP contribution in [0.3, 0.4) is 0 Å². The fourth-order valence-corrected chi connectivity index (χ4v) is 3.31. The van der Waals surface area contributed by atoms with Gasteiger partial charge in [-0.3, -0.25) is 4.90 Å². The maximum atomic E-state index is 6.30. The molecule has 0 aromatic heterocycles. The Bertz CT molecular complexity index is 419. The summed E-state index contributed by atoms with van der Waals surface area (Å²) in [5.41, 5.74) is 2.52. The second-order valence-electron chi connectivity index (χ2n) is 5.64. The number of halogens is 1. The number of benzene rings is 1. The lowest BCUT2D eigenvalue weighted by atomic mass is 9.84. The number of nitrogens with one attached hydrogen (secondary N) is 1. The predicted molar refractivity (Wildman–Crippen MR) is 82.8 cm³/mol. The van der Waals surface area contributed by atoms with Crippen molar-refractivity contribution in [3.8, 4) is 0 Å². The van der Waals surface area contributed by atoms with Gasteiger partial charge in [-0.25, -0.2) is 0 Å². The molecule has 2 atom stereocenters. The lowest BCUT2D eigenvalue weighted by Gasteiger charge is -2.40. The van der Waals surface area contributed by atoms with Crippen LogP contribution in [0.5, 0.6) is 0 Å². The molecule has 1 aliphatic rings. The molecule has 1 saturated heterocycles. The third kappa shape index (κ3) is 3.50. The minimum absolute atomic E-state index is 0.492. The van der Waals surface area contributed by atoms with Gasteiger partial charge in [-0.1, -0.05) is 30.7 Å². The van der Waals surface area contributed by atoms with Gasteiger partial charge < -0.3 is 5.32 Å². The van der Waals surface area contributed by atoms with E-state index in [0.29, 0.717) is 12.0 Å². The van der Waals surface area contributed by atoms with Crippen LogP contribution in [0.2, 0.25) is 5.02 Å². The van der Waals surface area contributed by atoms with Crippen LogP contribution in [-0.4, -0.2) is 31.6 Å². The molecule has 1 aromatic carbocycles. The molecule has 0 aliphatic carbocycles. The first-order valence-corrected chi connectivity index (χ1v) is 7.68. The van der Waals surface area contributed by atoms with Gasteiger partial charge in [-0.15, -0.1) is 0 Å². The highest BCUT2D eigenvalue weighted by Gasteiger charge is 2.30. The molecule has 0 spiro atoms. The zero-order valence-electron chi connectivity index (χ0n) is 12.2. The molecular formula is C16H25ClN2. The minimum Gasteiger partial charge on any atom is -0.317 e. The number of nitrogens with zero attached hydrogens (tertiary/aromatic N) is 1. The summed E-state index contributed by atoms with van der Waals surface area (Å²) in [4.78, 5) is 2.48. The first-order valence-electron chi connectivity index (χ1n) is 7.30. The minimum atomic E-state index is 0.492. The van der Waals surface area contributed by atoms with Crippen LogP contribution in [0.15, 0.2) is 18.2 Å². The van der Waals surface area contributed by atoms with Crippen molar-refractivity contribution in [3.63, 3.8) is 0 Å². The van der Waals surface area contributed by atoms with Gasteiger partial charge in [-0.2, -0.15) is 0 Å². The van der Waals surface area contributed by atoms with Crippen molar-refractivity contribution in [1.82, 2.24) is 10.2 Å². The lowest BCUT2D eigenvalue weighted by molar-refractivity contribution is 0.120. The average molecular weight is 281 g/mol. The third-order valence-electron chi connectivity index (χ3n) is 4.20. The van der Waals surface area contributed by atoms with Crippen LogP contribution < -0.4 is 5.32 Å². The van der Waals surface area contributed by atoms with Crippen molar-refractivity contribution >= 4 is 11.6 Å². The van der Waals surface area contributed by atoms with E-state index >= 15 is 0 Å². The fourth-order valence-electron chi connectivity index (χ4n) is 3.12. The summed E-state index contributed by atoms with van der Waals surface area (Å²) in [5, 5.41) is 4.39. The molecule has 106 valence electrons. The summed E-state index contributed by atoms with van der Waals surface area (Å²) in [7, 11) is 2.23. The van der Waals surface area contributed by atoms with Crippen molar-refractivity contribution in [2.24, 2.45) is 5.92 Å². The quantitative estimate of drug-likeness (QED) is 0.906. The van der Waals surface area contributed by atoms with Crippen molar-refractivity contribution in [1.29, 1.82) is 0 Å². The summed E-state index contributed by atoms with van der Waals surface area (Å²) in [6, 6.07) is 7.03. The van der Waals surface area contributed by atoms with Gasteiger partial charge in [0.15, 0.2) is 0 Å². The molecule has 3 heteroatoms. The third-order valence-corrected chi connectivity index (χ3v) is 4.61. The second kappa shape index (κ2) is 6.74. The molecule has 0 radical (unpaired) electrons. The van der Waals surface area contributed by atoms with Gasteiger partial charge in [0, 0.05) is 11.1 Å². The number of aryl methyl sites for hydroxylation is 1. The molecule has 2 unspecified atom stereocenters. The van der Waals surface area contributed by atoms with E-state index in [-0.39, 0.29) is 0 Å². The number of likely N-dealkylation sites (tertiary alicyclic amines) is 1. The molecule has 0 amide bonds. The van der Waals surface area contributed by atoms with E-state index in [1.54, 1.807) is 0 Å². The van der Waals surface area contributed by atoms with Crippen molar-refractivity contribution in [2.45, 2.75) is 32.7 Å². The lowest BCUT2D eigenvalue weighted by Crippen LogP contribution is -2.40. The number of rotatable bonds is 4. The molecule has 0 saturated carbocycles. The van der Waals surface area contributed by atoms with Crippen LogP contribution in [0.25, 0.3) is 0 Å². The zero-order chi connectivity index (χ0) is 13.8. The van der Waals surface area contributed by atoms with Crippen LogP contribution in [-0.2, 0) is 0 Å². The predicted octanol–water partition coefficient (Wildman–Crippen LogP) is 3.64. The van der Waals surface area contributed by atoms with E-state index < -0.39 is 0 Å². The van der Waals surface area contributed by atoms with Gasteiger partial charge in [0.1, 0.15) is 0 Å². The number of piperidine rings is 1. The van der Waals surface area contributed by atoms with Crippen LogP contribution in [0.4, 0.5) is 0 Å². The summed E-state index contributed by atoms with van der Waals surface area (Å²) >= 11 is 6.30. The Morgan fingerprint density at radius 3 is 2.89 bits per heavy atom. The Morgan fingerprint density at radius 1 is 1.42 bits per heavy atom. The second-order valence-corrected chi connectivity index (χ2v) is 6.05. The van der Waals surface area contributed by atoms with Crippen LogP contribution in [0, 0.1) is 12.8 Å². The SMILES string of the molecule is CCNCC1CCCN(C)C1c1ccc(C)c(Cl)c1. The number of hydrogen-bond donors (Lipinski definition) is 1. The van der Waals surface area contributed by atoms with Crippen molar-refractivity contribution in [2.75, 3.05) is 26.7 Å². The first-order chi connectivity index (χ1) is 9.13. The van der Waals surface area contributed by atoms with Gasteiger partial charge in [0.2, 0.25) is 0 Å².